The summed E-state index contributed by atoms with van der Waals surface area (Å²) in [6.45, 7) is 2.93. The van der Waals surface area contributed by atoms with Crippen molar-refractivity contribution >= 4 is 44.0 Å². The number of nitrogens with one attached hydrogen (secondary N) is 3. The van der Waals surface area contributed by atoms with E-state index in [1.807, 2.05) is 6.92 Å². The summed E-state index contributed by atoms with van der Waals surface area (Å²) in [5.41, 5.74) is 1.69. The van der Waals surface area contributed by atoms with Crippen molar-refractivity contribution in [2.45, 2.75) is 30.2 Å². The molecule has 2 amide bonds. The van der Waals surface area contributed by atoms with Crippen molar-refractivity contribution in [1.29, 1.82) is 0 Å². The van der Waals surface area contributed by atoms with Gasteiger partial charge in [0.15, 0.2) is 0 Å². The first kappa shape index (κ1) is 23.8. The lowest BCUT2D eigenvalue weighted by molar-refractivity contribution is 0.0858. The monoisotopic (exact) mass is 501 g/mol. The van der Waals surface area contributed by atoms with E-state index in [0.717, 1.165) is 18.4 Å². The van der Waals surface area contributed by atoms with E-state index < -0.39 is 21.8 Å². The van der Waals surface area contributed by atoms with Crippen LogP contribution in [0.5, 0.6) is 0 Å². The van der Waals surface area contributed by atoms with Gasteiger partial charge in [0.2, 0.25) is 5.13 Å². The third-order valence-electron chi connectivity index (χ3n) is 5.10. The van der Waals surface area contributed by atoms with Crippen molar-refractivity contribution in [2.75, 3.05) is 23.2 Å². The Balaban J connectivity index is 1.44. The molecule has 0 aliphatic carbocycles. The largest absolute Gasteiger partial charge is 0.376 e. The number of amides is 2. The van der Waals surface area contributed by atoms with Crippen LogP contribution in [0.1, 0.15) is 39.1 Å². The van der Waals surface area contributed by atoms with Crippen LogP contribution >= 0.6 is 11.3 Å². The van der Waals surface area contributed by atoms with Gasteiger partial charge in [-0.2, -0.15) is 8.42 Å². The van der Waals surface area contributed by atoms with Crippen LogP contribution in [0, 0.1) is 6.92 Å². The van der Waals surface area contributed by atoms with Gasteiger partial charge in [0.05, 0.1) is 17.4 Å². The summed E-state index contributed by atoms with van der Waals surface area (Å²) >= 11 is 0.705. The molecule has 10 nitrogen and oxygen atoms in total. The van der Waals surface area contributed by atoms with Gasteiger partial charge in [-0.05, 0) is 44.0 Å². The van der Waals surface area contributed by atoms with Crippen molar-refractivity contribution in [3.05, 3.63) is 65.2 Å². The quantitative estimate of drug-likeness (QED) is 0.403. The zero-order valence-electron chi connectivity index (χ0n) is 18.3. The second-order valence-electron chi connectivity index (χ2n) is 7.69. The topological polar surface area (TPSA) is 139 Å². The van der Waals surface area contributed by atoms with Crippen LogP contribution in [0.2, 0.25) is 0 Å². The van der Waals surface area contributed by atoms with Gasteiger partial charge in [-0.25, -0.2) is 0 Å². The van der Waals surface area contributed by atoms with E-state index in [1.54, 1.807) is 36.4 Å². The lowest BCUT2D eigenvalue weighted by Gasteiger charge is -2.13. The van der Waals surface area contributed by atoms with Crippen LogP contribution in [0.3, 0.4) is 0 Å². The second-order valence-corrected chi connectivity index (χ2v) is 10.5. The number of nitrogens with zero attached hydrogens (tertiary/aromatic N) is 2. The molecule has 1 saturated heterocycles. The van der Waals surface area contributed by atoms with Crippen molar-refractivity contribution in [2.24, 2.45) is 0 Å². The molecule has 3 aromatic rings. The van der Waals surface area contributed by atoms with E-state index in [0.29, 0.717) is 30.1 Å². The number of anilines is 2. The fraction of sp³-hybridized carbons (Fsp3) is 0.273. The molecule has 4 rings (SSSR count). The SMILES string of the molecule is Cc1ccc(C(=O)Nc2nnc(S(=O)(=O)Nc3ccccc3C(=O)NC[C@@H]3CCCO3)s2)cc1. The molecule has 3 N–H and O–H groups in total. The van der Waals surface area contributed by atoms with Gasteiger partial charge in [-0.15, -0.1) is 10.2 Å². The Bertz CT molecular complexity index is 1290. The van der Waals surface area contributed by atoms with E-state index in [4.69, 9.17) is 4.74 Å². The minimum Gasteiger partial charge on any atom is -0.376 e. The zero-order chi connectivity index (χ0) is 24.1. The maximum Gasteiger partial charge on any atom is 0.291 e. The Hall–Kier alpha value is -3.35. The molecule has 34 heavy (non-hydrogen) atoms. The second kappa shape index (κ2) is 10.3. The Kier molecular flexibility index (Phi) is 7.20. The average Bonchev–Trinajstić information content (AvgIpc) is 3.51. The number of benzene rings is 2. The standard InChI is InChI=1S/C22H23N5O5S2/c1-14-8-10-15(11-9-14)19(28)24-21-25-26-22(33-21)34(30,31)27-18-7-3-2-6-17(18)20(29)23-13-16-5-4-12-32-16/h2-3,6-11,16,27H,4-5,12-13H2,1H3,(H,23,29)(H,24,25,28)/t16-/m0/s1. The molecule has 0 bridgehead atoms. The van der Waals surface area contributed by atoms with Gasteiger partial charge in [0, 0.05) is 18.7 Å². The predicted molar refractivity (Wildman–Crippen MR) is 128 cm³/mol. The van der Waals surface area contributed by atoms with E-state index in [2.05, 4.69) is 25.6 Å². The third kappa shape index (κ3) is 5.76. The molecule has 2 aromatic carbocycles. The molecule has 1 aliphatic rings. The molecule has 0 radical (unpaired) electrons. The lowest BCUT2D eigenvalue weighted by atomic mass is 10.1. The summed E-state index contributed by atoms with van der Waals surface area (Å²) in [5.74, 6) is -0.849. The first-order valence-corrected chi connectivity index (χ1v) is 12.8. The molecule has 1 aliphatic heterocycles. The number of carbonyl (C=O) groups is 2. The van der Waals surface area contributed by atoms with Crippen LogP contribution in [0.15, 0.2) is 52.9 Å². The highest BCUT2D eigenvalue weighted by molar-refractivity contribution is 7.94. The van der Waals surface area contributed by atoms with Crippen molar-refractivity contribution in [1.82, 2.24) is 15.5 Å². The number of sulfonamides is 1. The molecule has 1 fully saturated rings. The molecule has 12 heteroatoms. The van der Waals surface area contributed by atoms with E-state index in [1.165, 1.54) is 12.1 Å². The number of hydrogen-bond donors (Lipinski definition) is 3. The van der Waals surface area contributed by atoms with Gasteiger partial charge in [0.25, 0.3) is 26.2 Å². The van der Waals surface area contributed by atoms with Crippen LogP contribution in [0.25, 0.3) is 0 Å². The Morgan fingerprint density at radius 2 is 1.85 bits per heavy atom. The molecular formula is C22H23N5O5S2. The Morgan fingerprint density at radius 1 is 1.09 bits per heavy atom. The molecule has 2 heterocycles. The van der Waals surface area contributed by atoms with Crippen molar-refractivity contribution in [3.63, 3.8) is 0 Å². The van der Waals surface area contributed by atoms with Crippen molar-refractivity contribution in [3.8, 4) is 0 Å². The van der Waals surface area contributed by atoms with Crippen LogP contribution in [0.4, 0.5) is 10.8 Å². The summed E-state index contributed by atoms with van der Waals surface area (Å²) in [7, 11) is -4.15. The Labute approximate surface area is 200 Å². The van der Waals surface area contributed by atoms with Gasteiger partial charge < -0.3 is 10.1 Å². The average molecular weight is 502 g/mol. The summed E-state index contributed by atoms with van der Waals surface area (Å²) in [4.78, 5) is 25.0. The summed E-state index contributed by atoms with van der Waals surface area (Å²) in [5, 5.41) is 12.8. The molecular weight excluding hydrogens is 478 g/mol. The number of aryl methyl sites for hydroxylation is 1. The zero-order valence-corrected chi connectivity index (χ0v) is 19.9. The number of carbonyl (C=O) groups excluding carboxylic acids is 2. The summed E-state index contributed by atoms with van der Waals surface area (Å²) in [6.07, 6.45) is 1.78. The molecule has 178 valence electrons. The molecule has 0 saturated carbocycles. The highest BCUT2D eigenvalue weighted by atomic mass is 32.2. The Morgan fingerprint density at radius 3 is 2.59 bits per heavy atom. The van der Waals surface area contributed by atoms with Crippen LogP contribution in [-0.2, 0) is 14.8 Å². The van der Waals surface area contributed by atoms with Gasteiger partial charge in [0.1, 0.15) is 0 Å². The summed E-state index contributed by atoms with van der Waals surface area (Å²) < 4.78 is 33.3. The van der Waals surface area contributed by atoms with Gasteiger partial charge >= 0.3 is 0 Å². The smallest absolute Gasteiger partial charge is 0.291 e. The minimum atomic E-state index is -4.15. The van der Waals surface area contributed by atoms with E-state index in [9.17, 15) is 18.0 Å². The first-order valence-electron chi connectivity index (χ1n) is 10.5. The molecule has 1 atom stereocenters. The fourth-order valence-corrected chi connectivity index (χ4v) is 5.28. The highest BCUT2D eigenvalue weighted by Crippen LogP contribution is 2.25. The van der Waals surface area contributed by atoms with Gasteiger partial charge in [-0.1, -0.05) is 41.2 Å². The lowest BCUT2D eigenvalue weighted by Crippen LogP contribution is -2.32. The fourth-order valence-electron chi connectivity index (χ4n) is 3.31. The minimum absolute atomic E-state index is 0.0357. The molecule has 0 spiro atoms. The number of aromatic nitrogens is 2. The summed E-state index contributed by atoms with van der Waals surface area (Å²) in [6, 6.07) is 13.2. The van der Waals surface area contributed by atoms with Crippen LogP contribution in [-0.4, -0.2) is 49.7 Å². The van der Waals surface area contributed by atoms with E-state index in [-0.39, 0.29) is 26.8 Å². The number of hydrogen-bond acceptors (Lipinski definition) is 8. The van der Waals surface area contributed by atoms with Crippen LogP contribution < -0.4 is 15.4 Å². The normalized spacial score (nSPS) is 15.6. The maximum absolute atomic E-state index is 12.9. The predicted octanol–water partition coefficient (Wildman–Crippen LogP) is 2.81. The first-order chi connectivity index (χ1) is 16.3. The third-order valence-corrected chi connectivity index (χ3v) is 7.67. The molecule has 1 aromatic heterocycles. The van der Waals surface area contributed by atoms with Crippen molar-refractivity contribution < 1.29 is 22.7 Å². The number of ether oxygens (including phenoxy) is 1. The van der Waals surface area contributed by atoms with E-state index >= 15 is 0 Å². The van der Waals surface area contributed by atoms with Gasteiger partial charge in [-0.3, -0.25) is 19.6 Å². The number of para-hydroxylation sites is 1. The maximum atomic E-state index is 12.9. The highest BCUT2D eigenvalue weighted by Gasteiger charge is 2.24. The molecule has 0 unspecified atom stereocenters. The number of rotatable bonds is 8.